The quantitative estimate of drug-likeness (QED) is 0.702. The Morgan fingerprint density at radius 3 is 2.84 bits per heavy atom. The summed E-state index contributed by atoms with van der Waals surface area (Å²) in [5.74, 6) is 0. The Morgan fingerprint density at radius 1 is 1.26 bits per heavy atom. The van der Waals surface area contributed by atoms with Crippen LogP contribution >= 0.6 is 0 Å². The van der Waals surface area contributed by atoms with E-state index in [1.54, 1.807) is 34.8 Å². The van der Waals surface area contributed by atoms with Crippen LogP contribution in [0, 0.1) is 0 Å². The lowest BCUT2D eigenvalue weighted by Gasteiger charge is -2.08. The van der Waals surface area contributed by atoms with Crippen LogP contribution in [0.2, 0.25) is 0 Å². The number of nitrogen functional groups attached to an aromatic ring is 1. The highest BCUT2D eigenvalue weighted by Gasteiger charge is 2.07. The molecule has 0 spiro atoms. The number of nitrogens with zero attached hydrogens (tertiary/aromatic N) is 3. The van der Waals surface area contributed by atoms with E-state index in [1.807, 2.05) is 24.3 Å². The third kappa shape index (κ3) is 1.89. The van der Waals surface area contributed by atoms with Crippen LogP contribution in [-0.4, -0.2) is 14.1 Å². The lowest BCUT2D eigenvalue weighted by molar-refractivity contribution is 0.720. The largest absolute Gasteiger partial charge is 0.398 e. The molecule has 0 bridgehead atoms. The molecule has 2 aromatic heterocycles. The van der Waals surface area contributed by atoms with E-state index < -0.39 is 0 Å². The Morgan fingerprint density at radius 2 is 2.11 bits per heavy atom. The van der Waals surface area contributed by atoms with Crippen molar-refractivity contribution in [2.75, 3.05) is 5.73 Å². The number of pyridine rings is 1. The molecular weight excluding hydrogens is 240 g/mol. The minimum absolute atomic E-state index is 0.0408. The number of imidazole rings is 1. The van der Waals surface area contributed by atoms with E-state index >= 15 is 0 Å². The number of fused-ring (bicyclic) bond motifs is 1. The SMILES string of the molecule is Cn1ccn(Cc2ccc(N)c3cccnc23)c1=O. The molecule has 0 radical (unpaired) electrons. The van der Waals surface area contributed by atoms with Crippen molar-refractivity contribution in [1.82, 2.24) is 14.1 Å². The van der Waals surface area contributed by atoms with Crippen LogP contribution in [0.5, 0.6) is 0 Å². The van der Waals surface area contributed by atoms with Gasteiger partial charge in [0.25, 0.3) is 0 Å². The van der Waals surface area contributed by atoms with Crippen molar-refractivity contribution in [2.24, 2.45) is 7.05 Å². The van der Waals surface area contributed by atoms with Gasteiger partial charge in [0, 0.05) is 36.7 Å². The molecule has 5 nitrogen and oxygen atoms in total. The Bertz CT molecular complexity index is 801. The number of aromatic nitrogens is 3. The van der Waals surface area contributed by atoms with Crippen molar-refractivity contribution in [1.29, 1.82) is 0 Å². The minimum Gasteiger partial charge on any atom is -0.398 e. The summed E-state index contributed by atoms with van der Waals surface area (Å²) in [5.41, 5.74) is 8.43. The second-order valence-corrected chi connectivity index (χ2v) is 4.53. The summed E-state index contributed by atoms with van der Waals surface area (Å²) in [7, 11) is 1.73. The fraction of sp³-hybridized carbons (Fsp3) is 0.143. The molecule has 1 aromatic carbocycles. The van der Waals surface area contributed by atoms with E-state index in [0.717, 1.165) is 16.5 Å². The van der Waals surface area contributed by atoms with Crippen LogP contribution in [0.1, 0.15) is 5.56 Å². The molecule has 5 heteroatoms. The monoisotopic (exact) mass is 254 g/mol. The highest BCUT2D eigenvalue weighted by molar-refractivity contribution is 5.92. The molecule has 0 fully saturated rings. The van der Waals surface area contributed by atoms with Crippen molar-refractivity contribution in [3.8, 4) is 0 Å². The molecule has 2 N–H and O–H groups in total. The minimum atomic E-state index is -0.0408. The predicted molar refractivity (Wildman–Crippen MR) is 74.9 cm³/mol. The summed E-state index contributed by atoms with van der Waals surface area (Å²) >= 11 is 0. The summed E-state index contributed by atoms with van der Waals surface area (Å²) in [6, 6.07) is 7.57. The Balaban J connectivity index is 2.14. The molecule has 96 valence electrons. The third-order valence-electron chi connectivity index (χ3n) is 3.25. The van der Waals surface area contributed by atoms with Crippen LogP contribution in [0.15, 0.2) is 47.7 Å². The number of hydrogen-bond donors (Lipinski definition) is 1. The summed E-state index contributed by atoms with van der Waals surface area (Å²) in [4.78, 5) is 16.2. The molecule has 0 saturated heterocycles. The molecule has 2 heterocycles. The first-order chi connectivity index (χ1) is 9.16. The van der Waals surface area contributed by atoms with Gasteiger partial charge in [0.1, 0.15) is 0 Å². The first kappa shape index (κ1) is 11.5. The van der Waals surface area contributed by atoms with Gasteiger partial charge in [-0.2, -0.15) is 0 Å². The van der Waals surface area contributed by atoms with Gasteiger partial charge in [-0.15, -0.1) is 0 Å². The highest BCUT2D eigenvalue weighted by atomic mass is 16.1. The number of anilines is 1. The summed E-state index contributed by atoms with van der Waals surface area (Å²) in [6.45, 7) is 0.494. The van der Waals surface area contributed by atoms with Crippen molar-refractivity contribution >= 4 is 16.6 Å². The lowest BCUT2D eigenvalue weighted by atomic mass is 10.1. The van der Waals surface area contributed by atoms with Crippen LogP contribution in [0.25, 0.3) is 10.9 Å². The zero-order valence-corrected chi connectivity index (χ0v) is 10.6. The number of aryl methyl sites for hydroxylation is 1. The van der Waals surface area contributed by atoms with Crippen LogP contribution in [0.3, 0.4) is 0 Å². The molecule has 0 aliphatic carbocycles. The number of hydrogen-bond acceptors (Lipinski definition) is 3. The van der Waals surface area contributed by atoms with E-state index in [1.165, 1.54) is 0 Å². The average Bonchev–Trinajstić information content (AvgIpc) is 2.74. The summed E-state index contributed by atoms with van der Waals surface area (Å²) in [5, 5.41) is 0.920. The standard InChI is InChI=1S/C14H14N4O/c1-17-7-8-18(14(17)19)9-10-4-5-12(15)11-3-2-6-16-13(10)11/h2-8H,9,15H2,1H3. The van der Waals surface area contributed by atoms with Crippen LogP contribution in [0.4, 0.5) is 5.69 Å². The van der Waals surface area contributed by atoms with Crippen LogP contribution in [-0.2, 0) is 13.6 Å². The summed E-state index contributed by atoms with van der Waals surface area (Å²) < 4.78 is 3.20. The molecule has 0 saturated carbocycles. The van der Waals surface area contributed by atoms with E-state index in [2.05, 4.69) is 4.98 Å². The van der Waals surface area contributed by atoms with E-state index in [-0.39, 0.29) is 5.69 Å². The van der Waals surface area contributed by atoms with Crippen molar-refractivity contribution in [2.45, 2.75) is 6.54 Å². The van der Waals surface area contributed by atoms with Gasteiger partial charge in [0.05, 0.1) is 12.1 Å². The van der Waals surface area contributed by atoms with Crippen LogP contribution < -0.4 is 11.4 Å². The Hall–Kier alpha value is -2.56. The van der Waals surface area contributed by atoms with Crippen molar-refractivity contribution in [3.05, 3.63) is 58.9 Å². The molecule has 0 amide bonds. The lowest BCUT2D eigenvalue weighted by Crippen LogP contribution is -2.22. The van der Waals surface area contributed by atoms with Gasteiger partial charge in [-0.05, 0) is 23.8 Å². The maximum absolute atomic E-state index is 11.9. The van der Waals surface area contributed by atoms with E-state index in [4.69, 9.17) is 5.73 Å². The normalized spacial score (nSPS) is 11.0. The second-order valence-electron chi connectivity index (χ2n) is 4.53. The molecule has 3 aromatic rings. The first-order valence-corrected chi connectivity index (χ1v) is 6.00. The molecule has 0 atom stereocenters. The maximum Gasteiger partial charge on any atom is 0.328 e. The van der Waals surface area contributed by atoms with Gasteiger partial charge in [0.15, 0.2) is 0 Å². The Kier molecular flexibility index (Phi) is 2.59. The van der Waals surface area contributed by atoms with Gasteiger partial charge in [-0.3, -0.25) is 9.55 Å². The van der Waals surface area contributed by atoms with Gasteiger partial charge in [-0.25, -0.2) is 4.79 Å². The van der Waals surface area contributed by atoms with Gasteiger partial charge >= 0.3 is 5.69 Å². The fourth-order valence-electron chi connectivity index (χ4n) is 2.20. The zero-order chi connectivity index (χ0) is 13.4. The molecule has 0 unspecified atom stereocenters. The second kappa shape index (κ2) is 4.28. The number of benzene rings is 1. The van der Waals surface area contributed by atoms with E-state index in [0.29, 0.717) is 12.2 Å². The first-order valence-electron chi connectivity index (χ1n) is 6.00. The highest BCUT2D eigenvalue weighted by Crippen LogP contribution is 2.22. The number of rotatable bonds is 2. The van der Waals surface area contributed by atoms with Gasteiger partial charge in [-0.1, -0.05) is 6.07 Å². The zero-order valence-electron chi connectivity index (χ0n) is 10.6. The molecule has 3 rings (SSSR count). The van der Waals surface area contributed by atoms with Gasteiger partial charge in [0.2, 0.25) is 0 Å². The maximum atomic E-state index is 11.9. The smallest absolute Gasteiger partial charge is 0.328 e. The molecule has 0 aliphatic rings. The van der Waals surface area contributed by atoms with Crippen molar-refractivity contribution < 1.29 is 0 Å². The fourth-order valence-corrected chi connectivity index (χ4v) is 2.20. The third-order valence-corrected chi connectivity index (χ3v) is 3.25. The molecule has 0 aliphatic heterocycles. The number of nitrogens with two attached hydrogens (primary N) is 1. The summed E-state index contributed by atoms with van der Waals surface area (Å²) in [6.07, 6.45) is 5.25. The average molecular weight is 254 g/mol. The van der Waals surface area contributed by atoms with Crippen molar-refractivity contribution in [3.63, 3.8) is 0 Å². The molecule has 19 heavy (non-hydrogen) atoms. The van der Waals surface area contributed by atoms with Gasteiger partial charge < -0.3 is 10.3 Å². The predicted octanol–water partition coefficient (Wildman–Crippen LogP) is 1.37. The molecular formula is C14H14N4O. The Labute approximate surface area is 109 Å². The topological polar surface area (TPSA) is 65.8 Å². The van der Waals surface area contributed by atoms with E-state index in [9.17, 15) is 4.79 Å².